The molecule has 3 rings (SSSR count). The van der Waals surface area contributed by atoms with Crippen LogP contribution < -0.4 is 15.5 Å². The SMILES string of the molecule is C=CCNc1nncc(Nc2ccc(N3CCCC3)cc2)n1. The van der Waals surface area contributed by atoms with Crippen LogP contribution in [0.1, 0.15) is 12.8 Å². The van der Waals surface area contributed by atoms with Crippen LogP contribution in [0.25, 0.3) is 0 Å². The van der Waals surface area contributed by atoms with Crippen LogP contribution in [0, 0.1) is 0 Å². The highest BCUT2D eigenvalue weighted by Crippen LogP contribution is 2.23. The van der Waals surface area contributed by atoms with Gasteiger partial charge in [0, 0.05) is 31.0 Å². The Hall–Kier alpha value is -2.63. The van der Waals surface area contributed by atoms with Crippen LogP contribution in [-0.4, -0.2) is 34.8 Å². The number of rotatable bonds is 6. The minimum Gasteiger partial charge on any atom is -0.372 e. The zero-order valence-corrected chi connectivity index (χ0v) is 12.5. The van der Waals surface area contributed by atoms with Crippen molar-refractivity contribution in [1.29, 1.82) is 0 Å². The van der Waals surface area contributed by atoms with Gasteiger partial charge in [0.05, 0.1) is 6.20 Å². The highest BCUT2D eigenvalue weighted by atomic mass is 15.3. The molecule has 0 radical (unpaired) electrons. The lowest BCUT2D eigenvalue weighted by atomic mass is 10.2. The predicted octanol–water partition coefficient (Wildman–Crippen LogP) is 2.81. The number of hydrogen-bond donors (Lipinski definition) is 2. The molecule has 2 aromatic rings. The zero-order chi connectivity index (χ0) is 15.2. The number of benzene rings is 1. The van der Waals surface area contributed by atoms with E-state index in [1.165, 1.54) is 18.5 Å². The second kappa shape index (κ2) is 6.89. The molecule has 0 atom stereocenters. The first-order valence-electron chi connectivity index (χ1n) is 7.52. The van der Waals surface area contributed by atoms with E-state index in [1.54, 1.807) is 12.3 Å². The van der Waals surface area contributed by atoms with Crippen LogP contribution in [0.15, 0.2) is 43.1 Å². The summed E-state index contributed by atoms with van der Waals surface area (Å²) >= 11 is 0. The number of aromatic nitrogens is 3. The van der Waals surface area contributed by atoms with Gasteiger partial charge in [-0.05, 0) is 37.1 Å². The van der Waals surface area contributed by atoms with E-state index in [9.17, 15) is 0 Å². The third-order valence-corrected chi connectivity index (χ3v) is 3.57. The van der Waals surface area contributed by atoms with Crippen LogP contribution >= 0.6 is 0 Å². The van der Waals surface area contributed by atoms with E-state index in [-0.39, 0.29) is 0 Å². The molecule has 0 bridgehead atoms. The van der Waals surface area contributed by atoms with Gasteiger partial charge < -0.3 is 15.5 Å². The minimum absolute atomic E-state index is 0.485. The zero-order valence-electron chi connectivity index (χ0n) is 12.5. The smallest absolute Gasteiger partial charge is 0.244 e. The van der Waals surface area contributed by atoms with Crippen LogP contribution in [0.2, 0.25) is 0 Å². The Bertz CT molecular complexity index is 619. The number of anilines is 4. The third-order valence-electron chi connectivity index (χ3n) is 3.57. The summed E-state index contributed by atoms with van der Waals surface area (Å²) < 4.78 is 0. The highest BCUT2D eigenvalue weighted by molar-refractivity contribution is 5.61. The lowest BCUT2D eigenvalue weighted by molar-refractivity contribution is 0.949. The molecule has 1 aliphatic rings. The van der Waals surface area contributed by atoms with E-state index in [1.807, 2.05) is 0 Å². The Kier molecular flexibility index (Phi) is 4.48. The molecule has 2 heterocycles. The molecule has 22 heavy (non-hydrogen) atoms. The van der Waals surface area contributed by atoms with Crippen molar-refractivity contribution in [2.75, 3.05) is 35.2 Å². The summed E-state index contributed by atoms with van der Waals surface area (Å²) in [6, 6.07) is 8.40. The van der Waals surface area contributed by atoms with E-state index >= 15 is 0 Å². The Morgan fingerprint density at radius 1 is 1.18 bits per heavy atom. The van der Waals surface area contributed by atoms with Crippen molar-refractivity contribution in [2.45, 2.75) is 12.8 Å². The maximum Gasteiger partial charge on any atom is 0.244 e. The predicted molar refractivity (Wildman–Crippen MR) is 89.7 cm³/mol. The monoisotopic (exact) mass is 296 g/mol. The molecule has 6 heteroatoms. The fourth-order valence-corrected chi connectivity index (χ4v) is 2.48. The van der Waals surface area contributed by atoms with Crippen molar-refractivity contribution < 1.29 is 0 Å². The minimum atomic E-state index is 0.485. The van der Waals surface area contributed by atoms with Crippen molar-refractivity contribution in [3.05, 3.63) is 43.1 Å². The second-order valence-corrected chi connectivity index (χ2v) is 5.20. The van der Waals surface area contributed by atoms with Gasteiger partial charge in [-0.15, -0.1) is 11.7 Å². The van der Waals surface area contributed by atoms with Crippen LogP contribution in [0.3, 0.4) is 0 Å². The maximum absolute atomic E-state index is 4.35. The van der Waals surface area contributed by atoms with Gasteiger partial charge in [0.25, 0.3) is 0 Å². The van der Waals surface area contributed by atoms with E-state index in [0.717, 1.165) is 18.8 Å². The normalized spacial score (nSPS) is 13.9. The van der Waals surface area contributed by atoms with Crippen LogP contribution in [-0.2, 0) is 0 Å². The molecule has 0 spiro atoms. The van der Waals surface area contributed by atoms with Gasteiger partial charge in [-0.3, -0.25) is 0 Å². The fraction of sp³-hybridized carbons (Fsp3) is 0.312. The van der Waals surface area contributed by atoms with Crippen molar-refractivity contribution in [3.63, 3.8) is 0 Å². The molecule has 1 aromatic carbocycles. The Morgan fingerprint density at radius 2 is 1.95 bits per heavy atom. The van der Waals surface area contributed by atoms with Crippen molar-refractivity contribution in [2.24, 2.45) is 0 Å². The number of nitrogens with one attached hydrogen (secondary N) is 2. The maximum atomic E-state index is 4.35. The molecular weight excluding hydrogens is 276 g/mol. The van der Waals surface area contributed by atoms with Crippen molar-refractivity contribution in [3.8, 4) is 0 Å². The van der Waals surface area contributed by atoms with Crippen molar-refractivity contribution >= 4 is 23.1 Å². The standard InChI is InChI=1S/C16H20N6/c1-2-9-17-16-20-15(12-18-21-16)19-13-5-7-14(8-6-13)22-10-3-4-11-22/h2,5-8,12H,1,3-4,9-11H2,(H2,17,19,20,21). The Labute approximate surface area is 130 Å². The van der Waals surface area contributed by atoms with Crippen LogP contribution in [0.4, 0.5) is 23.1 Å². The largest absolute Gasteiger partial charge is 0.372 e. The van der Waals surface area contributed by atoms with Gasteiger partial charge in [0.1, 0.15) is 0 Å². The molecule has 1 saturated heterocycles. The number of hydrogen-bond acceptors (Lipinski definition) is 6. The molecule has 0 unspecified atom stereocenters. The molecule has 1 fully saturated rings. The van der Waals surface area contributed by atoms with E-state index in [4.69, 9.17) is 0 Å². The average molecular weight is 296 g/mol. The van der Waals surface area contributed by atoms with Crippen LogP contribution in [0.5, 0.6) is 0 Å². The summed E-state index contributed by atoms with van der Waals surface area (Å²) in [5.41, 5.74) is 2.26. The molecule has 0 saturated carbocycles. The number of nitrogens with zero attached hydrogens (tertiary/aromatic N) is 4. The van der Waals surface area contributed by atoms with E-state index in [0.29, 0.717) is 18.3 Å². The van der Waals surface area contributed by atoms with Gasteiger partial charge >= 0.3 is 0 Å². The first-order chi connectivity index (χ1) is 10.8. The van der Waals surface area contributed by atoms with E-state index in [2.05, 4.69) is 61.6 Å². The fourth-order valence-electron chi connectivity index (χ4n) is 2.48. The summed E-state index contributed by atoms with van der Waals surface area (Å²) in [4.78, 5) is 6.76. The Balaban J connectivity index is 1.66. The first-order valence-corrected chi connectivity index (χ1v) is 7.52. The summed E-state index contributed by atoms with van der Waals surface area (Å²) in [6.07, 6.45) is 5.92. The summed E-state index contributed by atoms with van der Waals surface area (Å²) in [5, 5.41) is 14.1. The topological polar surface area (TPSA) is 66.0 Å². The second-order valence-electron chi connectivity index (χ2n) is 5.20. The lowest BCUT2D eigenvalue weighted by Crippen LogP contribution is -2.17. The van der Waals surface area contributed by atoms with Gasteiger partial charge in [0.2, 0.25) is 5.95 Å². The van der Waals surface area contributed by atoms with Gasteiger partial charge in [0.15, 0.2) is 5.82 Å². The molecule has 2 N–H and O–H groups in total. The molecule has 114 valence electrons. The molecule has 6 nitrogen and oxygen atoms in total. The first kappa shape index (κ1) is 14.3. The van der Waals surface area contributed by atoms with Gasteiger partial charge in [-0.2, -0.15) is 10.1 Å². The van der Waals surface area contributed by atoms with Crippen molar-refractivity contribution in [1.82, 2.24) is 15.2 Å². The van der Waals surface area contributed by atoms with E-state index < -0.39 is 0 Å². The summed E-state index contributed by atoms with van der Waals surface area (Å²) in [7, 11) is 0. The third kappa shape index (κ3) is 3.52. The lowest BCUT2D eigenvalue weighted by Gasteiger charge is -2.17. The molecule has 1 aromatic heterocycles. The quantitative estimate of drug-likeness (QED) is 0.799. The van der Waals surface area contributed by atoms with Gasteiger partial charge in [-0.1, -0.05) is 6.08 Å². The average Bonchev–Trinajstić information content (AvgIpc) is 3.08. The summed E-state index contributed by atoms with van der Waals surface area (Å²) in [6.45, 7) is 6.56. The highest BCUT2D eigenvalue weighted by Gasteiger charge is 2.11. The molecular formula is C16H20N6. The molecule has 0 amide bonds. The molecule has 0 aliphatic carbocycles. The Morgan fingerprint density at radius 3 is 2.68 bits per heavy atom. The van der Waals surface area contributed by atoms with Gasteiger partial charge in [-0.25, -0.2) is 0 Å². The molecule has 1 aliphatic heterocycles. The summed E-state index contributed by atoms with van der Waals surface area (Å²) in [5.74, 6) is 1.15.